The molecule has 1 aliphatic carbocycles. The number of thioether (sulfide) groups is 1. The van der Waals surface area contributed by atoms with Gasteiger partial charge in [-0.25, -0.2) is 0 Å². The van der Waals surface area contributed by atoms with Crippen molar-refractivity contribution in [2.24, 2.45) is 22.7 Å². The summed E-state index contributed by atoms with van der Waals surface area (Å²) >= 11 is 1.64. The number of hydrogen-bond donors (Lipinski definition) is 1. The van der Waals surface area contributed by atoms with Gasteiger partial charge in [-0.3, -0.25) is 19.3 Å². The van der Waals surface area contributed by atoms with E-state index in [0.717, 1.165) is 29.2 Å². The fraction of sp³-hybridized carbons (Fsp3) is 0.629. The molecule has 7 nitrogen and oxygen atoms in total. The Kier molecular flexibility index (Phi) is 10.7. The molecule has 1 aromatic carbocycles. The van der Waals surface area contributed by atoms with Gasteiger partial charge in [0.15, 0.2) is 0 Å². The Labute approximate surface area is 262 Å². The minimum atomic E-state index is -0.287. The average molecular weight is 611 g/mol. The lowest BCUT2D eigenvalue weighted by atomic mass is 9.68. The third-order valence-electron chi connectivity index (χ3n) is 8.76. The summed E-state index contributed by atoms with van der Waals surface area (Å²) in [4.78, 5) is 40.3. The zero-order valence-electron chi connectivity index (χ0n) is 27.0. The summed E-state index contributed by atoms with van der Waals surface area (Å²) < 4.78 is 11.9. The first-order valence-corrected chi connectivity index (χ1v) is 16.9. The molecule has 3 amide bonds. The normalized spacial score (nSPS) is 23.5. The van der Waals surface area contributed by atoms with Crippen molar-refractivity contribution in [1.29, 1.82) is 0 Å². The van der Waals surface area contributed by atoms with E-state index in [9.17, 15) is 14.4 Å². The molecule has 1 aromatic rings. The van der Waals surface area contributed by atoms with Gasteiger partial charge in [-0.05, 0) is 60.5 Å². The van der Waals surface area contributed by atoms with Crippen LogP contribution in [0.15, 0.2) is 48.3 Å². The van der Waals surface area contributed by atoms with Gasteiger partial charge in [-0.15, -0.1) is 11.8 Å². The van der Waals surface area contributed by atoms with Crippen molar-refractivity contribution in [3.05, 3.63) is 53.8 Å². The van der Waals surface area contributed by atoms with Gasteiger partial charge in [0.25, 0.3) is 0 Å². The maximum atomic E-state index is 13.1. The number of para-hydroxylation sites is 1. The highest BCUT2D eigenvalue weighted by atomic mass is 32.2. The molecule has 0 saturated carbocycles. The molecule has 8 heteroatoms. The maximum absolute atomic E-state index is 13.1. The van der Waals surface area contributed by atoms with E-state index in [0.29, 0.717) is 38.3 Å². The summed E-state index contributed by atoms with van der Waals surface area (Å²) in [6.07, 6.45) is 8.65. The Balaban J connectivity index is 1.24. The van der Waals surface area contributed by atoms with Crippen molar-refractivity contribution in [3.63, 3.8) is 0 Å². The molecule has 0 aromatic heterocycles. The Morgan fingerprint density at radius 3 is 2.51 bits per heavy atom. The topological polar surface area (TPSA) is 84.9 Å². The fourth-order valence-electron chi connectivity index (χ4n) is 6.70. The Hall–Kier alpha value is -2.74. The van der Waals surface area contributed by atoms with Gasteiger partial charge in [-0.2, -0.15) is 0 Å². The van der Waals surface area contributed by atoms with Gasteiger partial charge in [-0.1, -0.05) is 72.2 Å². The summed E-state index contributed by atoms with van der Waals surface area (Å²) in [7, 11) is 0. The van der Waals surface area contributed by atoms with Gasteiger partial charge in [0.2, 0.25) is 17.7 Å². The lowest BCUT2D eigenvalue weighted by Crippen LogP contribution is -2.43. The summed E-state index contributed by atoms with van der Waals surface area (Å²) in [5, 5.41) is 2.97. The van der Waals surface area contributed by atoms with Gasteiger partial charge in [0.05, 0.1) is 17.9 Å². The van der Waals surface area contributed by atoms with Gasteiger partial charge >= 0.3 is 0 Å². The number of nitrogens with zero attached hydrogens (tertiary/aromatic N) is 1. The van der Waals surface area contributed by atoms with Crippen LogP contribution in [0.2, 0.25) is 0 Å². The third kappa shape index (κ3) is 8.25. The van der Waals surface area contributed by atoms with Crippen LogP contribution in [0.4, 0.5) is 0 Å². The minimum Gasteiger partial charge on any atom is -0.494 e. The molecule has 4 rings (SSSR count). The number of fused-ring (bicyclic) bond motifs is 2. The predicted octanol–water partition coefficient (Wildman–Crippen LogP) is 6.84. The van der Waals surface area contributed by atoms with E-state index in [4.69, 9.17) is 9.47 Å². The molecule has 0 bridgehead atoms. The lowest BCUT2D eigenvalue weighted by molar-refractivity contribution is -0.138. The van der Waals surface area contributed by atoms with Crippen LogP contribution in [0.5, 0.6) is 5.75 Å². The zero-order chi connectivity index (χ0) is 31.4. The Morgan fingerprint density at radius 1 is 1.09 bits per heavy atom. The zero-order valence-corrected chi connectivity index (χ0v) is 27.8. The number of unbranched alkanes of at least 4 members (excludes halogenated alkanes) is 2. The number of likely N-dealkylation sites (tertiary alicyclic amines) is 1. The molecule has 3 aliphatic rings. The second kappa shape index (κ2) is 13.9. The molecule has 0 spiro atoms. The van der Waals surface area contributed by atoms with Crippen molar-refractivity contribution in [1.82, 2.24) is 10.2 Å². The molecule has 236 valence electrons. The number of amides is 3. The quantitative estimate of drug-likeness (QED) is 0.206. The van der Waals surface area contributed by atoms with Crippen LogP contribution in [0.3, 0.4) is 0 Å². The van der Waals surface area contributed by atoms with Crippen LogP contribution >= 0.6 is 11.8 Å². The van der Waals surface area contributed by atoms with E-state index < -0.39 is 0 Å². The first-order chi connectivity index (χ1) is 20.3. The van der Waals surface area contributed by atoms with Gasteiger partial charge in [0.1, 0.15) is 17.6 Å². The number of nitrogens with one attached hydrogen (secondary N) is 1. The van der Waals surface area contributed by atoms with Crippen molar-refractivity contribution in [3.8, 4) is 5.75 Å². The van der Waals surface area contributed by atoms with E-state index in [2.05, 4.69) is 52.9 Å². The van der Waals surface area contributed by atoms with E-state index in [1.807, 2.05) is 43.3 Å². The number of rotatable bonds is 12. The molecular weight excluding hydrogens is 560 g/mol. The maximum Gasteiger partial charge on any atom is 0.242 e. The van der Waals surface area contributed by atoms with Gasteiger partial charge < -0.3 is 14.8 Å². The smallest absolute Gasteiger partial charge is 0.242 e. The molecule has 0 radical (unpaired) electrons. The van der Waals surface area contributed by atoms with Gasteiger partial charge in [0, 0.05) is 30.9 Å². The summed E-state index contributed by atoms with van der Waals surface area (Å²) in [6, 6.07) is 7.66. The summed E-state index contributed by atoms with van der Waals surface area (Å²) in [5.74, 6) is 2.69. The van der Waals surface area contributed by atoms with Crippen molar-refractivity contribution in [2.45, 2.75) is 98.0 Å². The molecule has 2 aliphatic heterocycles. The second-order valence-corrected chi connectivity index (χ2v) is 15.3. The number of imide groups is 1. The summed E-state index contributed by atoms with van der Waals surface area (Å²) in [5.41, 5.74) is 1.22. The Bertz CT molecular complexity index is 1210. The number of carbonyl (C=O) groups excluding carboxylic acids is 3. The number of carbonyl (C=O) groups is 3. The van der Waals surface area contributed by atoms with Crippen molar-refractivity contribution < 1.29 is 23.9 Å². The molecule has 4 unspecified atom stereocenters. The second-order valence-electron chi connectivity index (χ2n) is 14.1. The van der Waals surface area contributed by atoms with Crippen LogP contribution in [-0.2, 0) is 19.1 Å². The van der Waals surface area contributed by atoms with Crippen LogP contribution in [0.1, 0.15) is 92.2 Å². The van der Waals surface area contributed by atoms with Crippen molar-refractivity contribution >= 4 is 29.5 Å². The molecule has 2 heterocycles. The first kappa shape index (κ1) is 33.2. The van der Waals surface area contributed by atoms with E-state index in [-0.39, 0.29) is 58.3 Å². The molecule has 1 saturated heterocycles. The molecule has 4 atom stereocenters. The highest BCUT2D eigenvalue weighted by Gasteiger charge is 2.42. The third-order valence-corrected chi connectivity index (χ3v) is 10.1. The Morgan fingerprint density at radius 2 is 1.81 bits per heavy atom. The van der Waals surface area contributed by atoms with E-state index in [1.54, 1.807) is 11.8 Å². The van der Waals surface area contributed by atoms with Crippen LogP contribution < -0.4 is 10.1 Å². The number of benzene rings is 1. The number of ether oxygens (including phenoxy) is 2. The molecule has 1 fully saturated rings. The van der Waals surface area contributed by atoms with Crippen LogP contribution in [0.25, 0.3) is 0 Å². The first-order valence-electron chi connectivity index (χ1n) is 15.8. The summed E-state index contributed by atoms with van der Waals surface area (Å²) in [6.45, 7) is 16.5. The molecule has 1 N–H and O–H groups in total. The molecular formula is C35H50N2O5S. The molecule has 43 heavy (non-hydrogen) atoms. The number of allylic oxidation sites excluding steroid dienone is 1. The minimum absolute atomic E-state index is 0.00882. The monoisotopic (exact) mass is 610 g/mol. The SMILES string of the molecule is CCOC1=CC2Oc3ccccc3C(NC(=O)CCCCCN3C(=O)CC(SCC(C(C)(C)C)C(C)(C)C)C3=O)C2C=C1. The van der Waals surface area contributed by atoms with E-state index in [1.165, 1.54) is 4.90 Å². The standard InChI is InChI=1S/C35H50N2O5S/c1-8-41-23-17-18-25-27(20-23)42-26-15-12-11-14-24(26)32(25)36-30(38)16-10-9-13-19-37-31(39)21-28(33(37)40)43-22-29(34(2,3)4)35(5,6)7/h11-12,14-15,17-18,20,25,27-29,32H,8-10,13,16,19,21-22H2,1-7H3,(H,36,38). The fourth-order valence-corrected chi connectivity index (χ4v) is 8.66. The largest absolute Gasteiger partial charge is 0.494 e. The lowest BCUT2D eigenvalue weighted by Gasteiger charge is -2.41. The van der Waals surface area contributed by atoms with Crippen LogP contribution in [-0.4, -0.2) is 52.9 Å². The van der Waals surface area contributed by atoms with Crippen molar-refractivity contribution in [2.75, 3.05) is 18.9 Å². The highest BCUT2D eigenvalue weighted by Crippen LogP contribution is 2.44. The highest BCUT2D eigenvalue weighted by molar-refractivity contribution is 8.00. The van der Waals surface area contributed by atoms with E-state index >= 15 is 0 Å². The average Bonchev–Trinajstić information content (AvgIpc) is 3.19. The number of hydrogen-bond acceptors (Lipinski definition) is 6. The van der Waals surface area contributed by atoms with Crippen LogP contribution in [0, 0.1) is 22.7 Å². The predicted molar refractivity (Wildman–Crippen MR) is 173 cm³/mol.